The molecule has 2 aromatic rings. The molecule has 0 radical (unpaired) electrons. The highest BCUT2D eigenvalue weighted by Gasteiger charge is 2.44. The number of hydrogen-bond donors (Lipinski definition) is 2. The summed E-state index contributed by atoms with van der Waals surface area (Å²) in [4.78, 5) is 15.9. The minimum absolute atomic E-state index is 0.00425. The molecule has 1 amide bonds. The predicted molar refractivity (Wildman–Crippen MR) is 178 cm³/mol. The number of methoxy groups -OCH3 is 2. The van der Waals surface area contributed by atoms with Crippen molar-refractivity contribution in [2.24, 2.45) is 11.8 Å². The van der Waals surface area contributed by atoms with E-state index in [4.69, 9.17) is 25.8 Å². The van der Waals surface area contributed by atoms with Gasteiger partial charge in [0.05, 0.1) is 36.4 Å². The molecule has 1 fully saturated rings. The Kier molecular flexibility index (Phi) is 10.0. The molecule has 1 spiro atoms. The molecule has 6 atom stereocenters. The first kappa shape index (κ1) is 33.3. The quantitative estimate of drug-likeness (QED) is 0.426. The first-order valence-corrected chi connectivity index (χ1v) is 18.3. The molecule has 11 heteroatoms. The van der Waals surface area contributed by atoms with Gasteiger partial charge in [0.2, 0.25) is 10.0 Å². The van der Waals surface area contributed by atoms with Gasteiger partial charge in [-0.15, -0.1) is 0 Å². The predicted octanol–water partition coefficient (Wildman–Crippen LogP) is 5.03. The molecule has 2 bridgehead atoms. The van der Waals surface area contributed by atoms with Crippen molar-refractivity contribution in [3.63, 3.8) is 0 Å². The standard InChI is InChI=1S/C35H45ClN2O7S/c1-43-20-27(39)18-28-7-3-4-8-32(44-2)29-12-9-25(29)19-38-21-35(15-5-6-23-16-26(36)11-13-30(23)35)22-45-33-14-10-24(17-31(33)38)34(40)37-46(28,41)42/h4,8,10-11,13-14,16-17,25,27-29,32,39H,3,5-7,9,12,15,18-22H2,1-2H3,(H,37,40)/b8-4+/t25-,27-,28-,29+,32-,35-/m0/s1. The molecule has 2 aromatic carbocycles. The molecular formula is C35H45ClN2O7S. The Balaban J connectivity index is 1.39. The Bertz CT molecular complexity index is 1570. The van der Waals surface area contributed by atoms with E-state index in [1.54, 1.807) is 25.3 Å². The molecular weight excluding hydrogens is 628 g/mol. The van der Waals surface area contributed by atoms with Gasteiger partial charge in [0.25, 0.3) is 5.91 Å². The molecule has 0 unspecified atom stereocenters. The van der Waals surface area contributed by atoms with Crippen LogP contribution in [-0.4, -0.2) is 77.4 Å². The van der Waals surface area contributed by atoms with Gasteiger partial charge in [-0.25, -0.2) is 13.1 Å². The number of nitrogens with one attached hydrogen (secondary N) is 1. The number of ether oxygens (including phenoxy) is 3. The van der Waals surface area contributed by atoms with Crippen LogP contribution < -0.4 is 14.4 Å². The van der Waals surface area contributed by atoms with Gasteiger partial charge in [0.1, 0.15) is 5.75 Å². The number of halogens is 1. The lowest BCUT2D eigenvalue weighted by atomic mass is 9.68. The van der Waals surface area contributed by atoms with Crippen LogP contribution >= 0.6 is 11.6 Å². The summed E-state index contributed by atoms with van der Waals surface area (Å²) < 4.78 is 47.1. The molecule has 4 aliphatic rings. The first-order chi connectivity index (χ1) is 22.1. The number of aliphatic hydroxyl groups excluding tert-OH is 1. The summed E-state index contributed by atoms with van der Waals surface area (Å²) in [6.45, 7) is 1.97. The molecule has 2 heterocycles. The van der Waals surface area contributed by atoms with Crippen LogP contribution in [0.1, 0.15) is 66.4 Å². The van der Waals surface area contributed by atoms with Crippen LogP contribution in [-0.2, 0) is 31.3 Å². The zero-order valence-corrected chi connectivity index (χ0v) is 28.2. The summed E-state index contributed by atoms with van der Waals surface area (Å²) >= 11 is 6.42. The normalized spacial score (nSPS) is 30.5. The van der Waals surface area contributed by atoms with Crippen LogP contribution in [0.5, 0.6) is 5.75 Å². The van der Waals surface area contributed by atoms with Gasteiger partial charge in [-0.3, -0.25) is 4.79 Å². The van der Waals surface area contributed by atoms with Crippen molar-refractivity contribution in [3.05, 3.63) is 70.3 Å². The molecule has 2 N–H and O–H groups in total. The molecule has 9 nitrogen and oxygen atoms in total. The lowest BCUT2D eigenvalue weighted by Crippen LogP contribution is -2.49. The van der Waals surface area contributed by atoms with Gasteiger partial charge >= 0.3 is 0 Å². The minimum atomic E-state index is -4.13. The van der Waals surface area contributed by atoms with Crippen molar-refractivity contribution in [3.8, 4) is 5.75 Å². The fourth-order valence-electron chi connectivity index (χ4n) is 7.94. The van der Waals surface area contributed by atoms with E-state index >= 15 is 0 Å². The van der Waals surface area contributed by atoms with E-state index in [-0.39, 0.29) is 36.5 Å². The van der Waals surface area contributed by atoms with Gasteiger partial charge in [-0.1, -0.05) is 29.8 Å². The summed E-state index contributed by atoms with van der Waals surface area (Å²) in [7, 11) is -0.943. The van der Waals surface area contributed by atoms with Gasteiger partial charge < -0.3 is 24.2 Å². The third kappa shape index (κ3) is 6.83. The third-order valence-corrected chi connectivity index (χ3v) is 12.5. The SMILES string of the molecule is COC[C@@H](O)C[C@@H]1CC/C=C/[C@H](OC)[C@@H]2CC[C@H]2CN2C[C@@]3(CCCc4cc(Cl)ccc43)COc3ccc(cc32)C(=O)NS1(=O)=O. The summed E-state index contributed by atoms with van der Waals surface area (Å²) in [6.07, 6.45) is 8.67. The molecule has 0 saturated heterocycles. The van der Waals surface area contributed by atoms with E-state index in [1.165, 1.54) is 18.2 Å². The van der Waals surface area contributed by atoms with Crippen molar-refractivity contribution >= 4 is 33.2 Å². The van der Waals surface area contributed by atoms with Gasteiger partial charge in [-0.05, 0) is 105 Å². The third-order valence-electron chi connectivity index (χ3n) is 10.5. The van der Waals surface area contributed by atoms with Crippen LogP contribution in [0.3, 0.4) is 0 Å². The molecule has 2 aliphatic carbocycles. The Labute approximate surface area is 277 Å². The maximum Gasteiger partial charge on any atom is 0.264 e. The summed E-state index contributed by atoms with van der Waals surface area (Å²) in [5.74, 6) is 0.658. The highest BCUT2D eigenvalue weighted by atomic mass is 35.5. The van der Waals surface area contributed by atoms with E-state index in [9.17, 15) is 18.3 Å². The highest BCUT2D eigenvalue weighted by molar-refractivity contribution is 7.90. The largest absolute Gasteiger partial charge is 0.490 e. The average molecular weight is 673 g/mol. The summed E-state index contributed by atoms with van der Waals surface area (Å²) in [6, 6.07) is 11.4. The van der Waals surface area contributed by atoms with E-state index in [0.717, 1.165) is 49.4 Å². The lowest BCUT2D eigenvalue weighted by molar-refractivity contribution is 0.0131. The number of hydrogen-bond acceptors (Lipinski definition) is 8. The smallest absolute Gasteiger partial charge is 0.264 e. The average Bonchev–Trinajstić information content (AvgIpc) is 3.16. The van der Waals surface area contributed by atoms with Crippen LogP contribution in [0.25, 0.3) is 0 Å². The van der Waals surface area contributed by atoms with Gasteiger partial charge in [0.15, 0.2) is 0 Å². The molecule has 250 valence electrons. The van der Waals surface area contributed by atoms with Crippen LogP contribution in [0.4, 0.5) is 5.69 Å². The second-order valence-electron chi connectivity index (χ2n) is 13.4. The number of aryl methyl sites for hydroxylation is 1. The maximum absolute atomic E-state index is 13.6. The van der Waals surface area contributed by atoms with Crippen molar-refractivity contribution in [1.82, 2.24) is 4.72 Å². The number of benzene rings is 2. The second-order valence-corrected chi connectivity index (χ2v) is 15.8. The number of nitrogens with zero attached hydrogens (tertiary/aromatic N) is 1. The van der Waals surface area contributed by atoms with Crippen molar-refractivity contribution in [2.75, 3.05) is 45.4 Å². The maximum atomic E-state index is 13.6. The molecule has 0 aromatic heterocycles. The number of anilines is 1. The second kappa shape index (κ2) is 13.8. The lowest BCUT2D eigenvalue weighted by Gasteiger charge is -2.46. The van der Waals surface area contributed by atoms with E-state index in [1.807, 2.05) is 12.1 Å². The van der Waals surface area contributed by atoms with Crippen molar-refractivity contribution < 1.29 is 32.5 Å². The molecule has 1 saturated carbocycles. The zero-order valence-electron chi connectivity index (χ0n) is 26.6. The topological polar surface area (TPSA) is 114 Å². The fourth-order valence-corrected chi connectivity index (χ4v) is 9.60. The molecule has 46 heavy (non-hydrogen) atoms. The fraction of sp³-hybridized carbons (Fsp3) is 0.571. The summed E-state index contributed by atoms with van der Waals surface area (Å²) in [5.41, 5.74) is 3.28. The number of carbonyl (C=O) groups excluding carboxylic acids is 1. The number of sulfonamides is 1. The monoisotopic (exact) mass is 672 g/mol. The van der Waals surface area contributed by atoms with Crippen molar-refractivity contribution in [2.45, 2.75) is 74.2 Å². The Morgan fingerprint density at radius 1 is 1.17 bits per heavy atom. The number of allylic oxidation sites excluding steroid dienone is 1. The number of rotatable bonds is 5. The van der Waals surface area contributed by atoms with E-state index in [0.29, 0.717) is 37.2 Å². The van der Waals surface area contributed by atoms with Crippen molar-refractivity contribution in [1.29, 1.82) is 0 Å². The minimum Gasteiger partial charge on any atom is -0.490 e. The Hall–Kier alpha value is -2.63. The Morgan fingerprint density at radius 2 is 2.02 bits per heavy atom. The van der Waals surface area contributed by atoms with E-state index in [2.05, 4.69) is 27.8 Å². The Morgan fingerprint density at radius 3 is 2.78 bits per heavy atom. The number of carbonyl (C=O) groups is 1. The molecule has 6 rings (SSSR count). The molecule has 2 aliphatic heterocycles. The van der Waals surface area contributed by atoms with Gasteiger partial charge in [-0.2, -0.15) is 0 Å². The van der Waals surface area contributed by atoms with Gasteiger partial charge in [0, 0.05) is 43.3 Å². The summed E-state index contributed by atoms with van der Waals surface area (Å²) in [5, 5.41) is 10.2. The van der Waals surface area contributed by atoms with E-state index < -0.39 is 27.3 Å². The van der Waals surface area contributed by atoms with Crippen LogP contribution in [0, 0.1) is 11.8 Å². The van der Waals surface area contributed by atoms with Crippen LogP contribution in [0.15, 0.2) is 48.6 Å². The number of aliphatic hydroxyl groups is 1. The zero-order chi connectivity index (χ0) is 32.5. The highest BCUT2D eigenvalue weighted by Crippen LogP contribution is 2.47. The first-order valence-electron chi connectivity index (χ1n) is 16.4. The van der Waals surface area contributed by atoms with Crippen LogP contribution in [0.2, 0.25) is 5.02 Å². The number of fused-ring (bicyclic) bond motifs is 4. The number of amides is 1.